The van der Waals surface area contributed by atoms with E-state index in [1.807, 2.05) is 0 Å². The van der Waals surface area contributed by atoms with Crippen LogP contribution in [0.15, 0.2) is 18.5 Å². The van der Waals surface area contributed by atoms with Crippen molar-refractivity contribution in [3.05, 3.63) is 24.0 Å². The minimum Gasteiger partial charge on any atom is -0.495 e. The van der Waals surface area contributed by atoms with Crippen LogP contribution in [-0.2, 0) is 10.2 Å². The molecule has 1 rings (SSSR count). The number of aliphatic carboxylic acids is 1. The summed E-state index contributed by atoms with van der Waals surface area (Å²) in [5.41, 5.74) is -3.20. The number of carboxylic acids is 1. The molecule has 1 unspecified atom stereocenters. The Morgan fingerprint density at radius 1 is 1.37 bits per heavy atom. The lowest BCUT2D eigenvalue weighted by Crippen LogP contribution is -2.46. The van der Waals surface area contributed by atoms with E-state index in [0.717, 1.165) is 0 Å². The van der Waals surface area contributed by atoms with E-state index in [-0.39, 0.29) is 5.56 Å². The van der Waals surface area contributed by atoms with Gasteiger partial charge in [0.1, 0.15) is 11.2 Å². The number of nitrogens with zero attached hydrogens (tertiary/aromatic N) is 3. The summed E-state index contributed by atoms with van der Waals surface area (Å²) in [7, 11) is 1.42. The lowest BCUT2D eigenvalue weighted by Gasteiger charge is -2.33. The maximum Gasteiger partial charge on any atom is 0.316 e. The van der Waals surface area contributed by atoms with E-state index in [1.165, 1.54) is 39.4 Å². The number of aromatic nitrogens is 1. The predicted molar refractivity (Wildman–Crippen MR) is 65.1 cm³/mol. The van der Waals surface area contributed by atoms with Crippen LogP contribution in [0.5, 0.6) is 5.75 Å². The highest BCUT2D eigenvalue weighted by atomic mass is 16.5. The van der Waals surface area contributed by atoms with Gasteiger partial charge < -0.3 is 9.84 Å². The zero-order valence-corrected chi connectivity index (χ0v) is 10.8. The SMILES string of the molecule is COc1cncc(C(C)(C(=O)O)C(C)(C#N)C#N)c1. The van der Waals surface area contributed by atoms with Gasteiger partial charge in [0, 0.05) is 6.20 Å². The number of hydrogen-bond donors (Lipinski definition) is 1. The molecule has 0 aromatic carbocycles. The van der Waals surface area contributed by atoms with E-state index in [4.69, 9.17) is 4.74 Å². The third kappa shape index (κ3) is 2.09. The summed E-state index contributed by atoms with van der Waals surface area (Å²) in [6.45, 7) is 2.62. The van der Waals surface area contributed by atoms with Crippen LogP contribution in [0.3, 0.4) is 0 Å². The molecule has 6 nitrogen and oxygen atoms in total. The minimum absolute atomic E-state index is 0.241. The summed E-state index contributed by atoms with van der Waals surface area (Å²) >= 11 is 0. The van der Waals surface area contributed by atoms with E-state index in [0.29, 0.717) is 5.75 Å². The van der Waals surface area contributed by atoms with E-state index in [2.05, 4.69) is 4.98 Å². The van der Waals surface area contributed by atoms with Gasteiger partial charge in [0.25, 0.3) is 0 Å². The molecular weight excluding hydrogens is 246 g/mol. The molecule has 1 aromatic heterocycles. The number of rotatable bonds is 4. The van der Waals surface area contributed by atoms with Crippen LogP contribution in [0.4, 0.5) is 0 Å². The van der Waals surface area contributed by atoms with Gasteiger partial charge in [-0.25, -0.2) is 0 Å². The normalized spacial score (nSPS) is 13.7. The number of carboxylic acid groups (broad SMARTS) is 1. The molecule has 0 fully saturated rings. The van der Waals surface area contributed by atoms with E-state index >= 15 is 0 Å². The number of pyridine rings is 1. The van der Waals surface area contributed by atoms with Crippen molar-refractivity contribution in [3.8, 4) is 17.9 Å². The Kier molecular flexibility index (Phi) is 3.77. The molecule has 0 bridgehead atoms. The van der Waals surface area contributed by atoms with Crippen molar-refractivity contribution in [1.29, 1.82) is 10.5 Å². The molecule has 19 heavy (non-hydrogen) atoms. The number of carbonyl (C=O) groups is 1. The van der Waals surface area contributed by atoms with Gasteiger partial charge in [-0.1, -0.05) is 0 Å². The molecule has 1 atom stereocenters. The Morgan fingerprint density at radius 2 is 1.95 bits per heavy atom. The maximum absolute atomic E-state index is 11.6. The summed E-state index contributed by atoms with van der Waals surface area (Å²) in [6, 6.07) is 5.02. The molecule has 1 N–H and O–H groups in total. The lowest BCUT2D eigenvalue weighted by atomic mass is 9.63. The fourth-order valence-electron chi connectivity index (χ4n) is 1.68. The number of ether oxygens (including phenoxy) is 1. The van der Waals surface area contributed by atoms with Crippen molar-refractivity contribution >= 4 is 5.97 Å². The number of methoxy groups -OCH3 is 1. The smallest absolute Gasteiger partial charge is 0.316 e. The average Bonchev–Trinajstić information content (AvgIpc) is 2.45. The molecule has 6 heteroatoms. The molecule has 0 radical (unpaired) electrons. The maximum atomic E-state index is 11.6. The van der Waals surface area contributed by atoms with Gasteiger partial charge in [0.05, 0.1) is 25.4 Å². The van der Waals surface area contributed by atoms with Crippen LogP contribution < -0.4 is 4.74 Å². The zero-order chi connectivity index (χ0) is 14.7. The highest BCUT2D eigenvalue weighted by Gasteiger charge is 2.53. The average molecular weight is 259 g/mol. The van der Waals surface area contributed by atoms with Crippen molar-refractivity contribution < 1.29 is 14.6 Å². The standard InChI is InChI=1S/C13H13N3O3/c1-12(7-14,8-15)13(2,11(17)18)9-4-10(19-3)6-16-5-9/h4-6H,1-3H3,(H,17,18). The van der Waals surface area contributed by atoms with Crippen LogP contribution in [0.25, 0.3) is 0 Å². The van der Waals surface area contributed by atoms with Crippen molar-refractivity contribution in [3.63, 3.8) is 0 Å². The van der Waals surface area contributed by atoms with Gasteiger partial charge in [0.2, 0.25) is 0 Å². The summed E-state index contributed by atoms with van der Waals surface area (Å²) in [5, 5.41) is 27.8. The quantitative estimate of drug-likeness (QED) is 0.877. The Balaban J connectivity index is 3.57. The van der Waals surface area contributed by atoms with Crippen LogP contribution in [-0.4, -0.2) is 23.2 Å². The molecule has 0 saturated heterocycles. The Morgan fingerprint density at radius 3 is 2.37 bits per heavy atom. The van der Waals surface area contributed by atoms with Crippen LogP contribution in [0.2, 0.25) is 0 Å². The highest BCUT2D eigenvalue weighted by molar-refractivity contribution is 5.83. The first-order valence-corrected chi connectivity index (χ1v) is 5.41. The predicted octanol–water partition coefficient (Wildman–Crippen LogP) is 1.49. The molecule has 0 aliphatic heterocycles. The molecule has 1 aromatic rings. The van der Waals surface area contributed by atoms with E-state index in [1.54, 1.807) is 12.1 Å². The molecule has 0 spiro atoms. The number of nitriles is 2. The largest absolute Gasteiger partial charge is 0.495 e. The molecule has 0 amide bonds. The topological polar surface area (TPSA) is 107 Å². The fourth-order valence-corrected chi connectivity index (χ4v) is 1.68. The first-order chi connectivity index (χ1) is 8.85. The molecule has 0 aliphatic rings. The van der Waals surface area contributed by atoms with Crippen molar-refractivity contribution in [1.82, 2.24) is 4.98 Å². The van der Waals surface area contributed by atoms with Gasteiger partial charge in [-0.05, 0) is 25.5 Å². The van der Waals surface area contributed by atoms with Gasteiger partial charge in [-0.2, -0.15) is 10.5 Å². The monoisotopic (exact) mass is 259 g/mol. The second kappa shape index (κ2) is 4.95. The Labute approximate surface area is 110 Å². The van der Waals surface area contributed by atoms with Gasteiger partial charge >= 0.3 is 5.97 Å². The summed E-state index contributed by atoms with van der Waals surface area (Å²) in [6.07, 6.45) is 2.74. The van der Waals surface area contributed by atoms with E-state index < -0.39 is 16.8 Å². The van der Waals surface area contributed by atoms with E-state index in [9.17, 15) is 20.4 Å². The van der Waals surface area contributed by atoms with Crippen LogP contribution >= 0.6 is 0 Å². The van der Waals surface area contributed by atoms with Crippen molar-refractivity contribution in [2.75, 3.05) is 7.11 Å². The van der Waals surface area contributed by atoms with Gasteiger partial charge in [-0.3, -0.25) is 9.78 Å². The second-order valence-corrected chi connectivity index (χ2v) is 4.39. The van der Waals surface area contributed by atoms with Gasteiger partial charge in [0.15, 0.2) is 5.41 Å². The lowest BCUT2D eigenvalue weighted by molar-refractivity contribution is -0.145. The molecule has 0 saturated carbocycles. The van der Waals surface area contributed by atoms with Crippen molar-refractivity contribution in [2.45, 2.75) is 19.3 Å². The molecule has 0 aliphatic carbocycles. The molecule has 1 heterocycles. The number of hydrogen-bond acceptors (Lipinski definition) is 5. The Bertz CT molecular complexity index is 572. The van der Waals surface area contributed by atoms with Crippen LogP contribution in [0, 0.1) is 28.1 Å². The third-order valence-corrected chi connectivity index (χ3v) is 3.40. The third-order valence-electron chi connectivity index (χ3n) is 3.40. The van der Waals surface area contributed by atoms with Crippen molar-refractivity contribution in [2.24, 2.45) is 5.41 Å². The minimum atomic E-state index is -1.73. The summed E-state index contributed by atoms with van der Waals surface area (Å²) in [4.78, 5) is 15.5. The summed E-state index contributed by atoms with van der Waals surface area (Å²) in [5.74, 6) is -0.906. The first-order valence-electron chi connectivity index (χ1n) is 5.41. The fraction of sp³-hybridized carbons (Fsp3) is 0.385. The first kappa shape index (κ1) is 14.5. The Hall–Kier alpha value is -2.60. The van der Waals surface area contributed by atoms with Gasteiger partial charge in [-0.15, -0.1) is 0 Å². The molecular formula is C13H13N3O3. The van der Waals surface area contributed by atoms with Crippen LogP contribution in [0.1, 0.15) is 19.4 Å². The highest BCUT2D eigenvalue weighted by Crippen LogP contribution is 2.42. The summed E-state index contributed by atoms with van der Waals surface area (Å²) < 4.78 is 4.99. The molecule has 98 valence electrons. The zero-order valence-electron chi connectivity index (χ0n) is 10.8. The second-order valence-electron chi connectivity index (χ2n) is 4.39.